The van der Waals surface area contributed by atoms with Crippen LogP contribution in [0.3, 0.4) is 0 Å². The molecule has 2 saturated heterocycles. The number of hydrogen-bond acceptors (Lipinski definition) is 1. The average molecular weight is 291 g/mol. The number of rotatable bonds is 2. The van der Waals surface area contributed by atoms with Gasteiger partial charge in [0.05, 0.1) is 5.54 Å². The van der Waals surface area contributed by atoms with Gasteiger partial charge < -0.3 is 4.90 Å². The van der Waals surface area contributed by atoms with Crippen LogP contribution < -0.4 is 4.90 Å². The Morgan fingerprint density at radius 1 is 0.818 bits per heavy atom. The maximum Gasteiger partial charge on any atom is 0.0654 e. The number of anilines is 1. The molecule has 0 amide bonds. The van der Waals surface area contributed by atoms with E-state index in [0.717, 1.165) is 0 Å². The summed E-state index contributed by atoms with van der Waals surface area (Å²) in [4.78, 5) is 2.73. The third kappa shape index (κ3) is 1.99. The van der Waals surface area contributed by atoms with E-state index in [2.05, 4.69) is 73.3 Å². The number of hydrogen-bond donors (Lipinski definition) is 0. The molecule has 3 fully saturated rings. The van der Waals surface area contributed by atoms with Crippen LogP contribution in [0.1, 0.15) is 43.7 Å². The predicted molar refractivity (Wildman–Crippen MR) is 93.2 cm³/mol. The fourth-order valence-corrected chi connectivity index (χ4v) is 4.60. The lowest BCUT2D eigenvalue weighted by atomic mass is 9.60. The maximum atomic E-state index is 2.73. The molecule has 2 heterocycles. The highest BCUT2D eigenvalue weighted by Crippen LogP contribution is 2.56. The van der Waals surface area contributed by atoms with Crippen molar-refractivity contribution >= 4 is 5.69 Å². The molecular formula is C21H25N. The second-order valence-corrected chi connectivity index (χ2v) is 7.58. The number of fused-ring (bicyclic) bond motifs is 3. The van der Waals surface area contributed by atoms with Crippen molar-refractivity contribution in [3.05, 3.63) is 65.7 Å². The molecule has 0 atom stereocenters. The van der Waals surface area contributed by atoms with Crippen LogP contribution in [0.25, 0.3) is 0 Å². The first-order chi connectivity index (χ1) is 10.6. The van der Waals surface area contributed by atoms with Gasteiger partial charge in [-0.3, -0.25) is 0 Å². The van der Waals surface area contributed by atoms with Crippen LogP contribution in [0.5, 0.6) is 0 Å². The largest absolute Gasteiger partial charge is 0.361 e. The summed E-state index contributed by atoms with van der Waals surface area (Å²) >= 11 is 0. The van der Waals surface area contributed by atoms with Gasteiger partial charge in [0.15, 0.2) is 0 Å². The Hall–Kier alpha value is -1.76. The van der Waals surface area contributed by atoms with Gasteiger partial charge in [0.25, 0.3) is 0 Å². The van der Waals surface area contributed by atoms with E-state index in [0.29, 0.717) is 5.41 Å². The van der Waals surface area contributed by atoms with Crippen molar-refractivity contribution in [2.45, 2.75) is 45.1 Å². The second kappa shape index (κ2) is 4.87. The van der Waals surface area contributed by atoms with Crippen molar-refractivity contribution in [1.82, 2.24) is 0 Å². The summed E-state index contributed by atoms with van der Waals surface area (Å²) in [7, 11) is 0. The molecule has 0 radical (unpaired) electrons. The van der Waals surface area contributed by atoms with Gasteiger partial charge in [-0.25, -0.2) is 0 Å². The van der Waals surface area contributed by atoms with Crippen molar-refractivity contribution in [3.8, 4) is 0 Å². The van der Waals surface area contributed by atoms with Crippen LogP contribution in [0.2, 0.25) is 0 Å². The van der Waals surface area contributed by atoms with Gasteiger partial charge in [-0.05, 0) is 55.2 Å². The van der Waals surface area contributed by atoms with Crippen LogP contribution in [-0.4, -0.2) is 6.54 Å². The van der Waals surface area contributed by atoms with Crippen molar-refractivity contribution < 1.29 is 0 Å². The van der Waals surface area contributed by atoms with Gasteiger partial charge in [-0.2, -0.15) is 0 Å². The molecule has 2 aromatic carbocycles. The summed E-state index contributed by atoms with van der Waals surface area (Å²) in [5, 5.41) is 0. The van der Waals surface area contributed by atoms with Gasteiger partial charge in [-0.15, -0.1) is 0 Å². The molecule has 5 rings (SSSR count). The van der Waals surface area contributed by atoms with Gasteiger partial charge in [0, 0.05) is 12.2 Å². The first-order valence-electron chi connectivity index (χ1n) is 8.52. The summed E-state index contributed by atoms with van der Waals surface area (Å²) in [6, 6.07) is 20.1. The summed E-state index contributed by atoms with van der Waals surface area (Å²) in [5.74, 6) is 0. The van der Waals surface area contributed by atoms with Crippen molar-refractivity contribution in [3.63, 3.8) is 0 Å². The SMILES string of the molecule is Cc1ccccc1N1CC2(C)CCC1(c1ccccc1)CC2. The summed E-state index contributed by atoms with van der Waals surface area (Å²) in [5.41, 5.74) is 5.01. The normalized spacial score (nSPS) is 30.5. The summed E-state index contributed by atoms with van der Waals surface area (Å²) in [6.45, 7) is 5.91. The van der Waals surface area contributed by atoms with Crippen LogP contribution >= 0.6 is 0 Å². The van der Waals surface area contributed by atoms with Gasteiger partial charge >= 0.3 is 0 Å². The Morgan fingerprint density at radius 3 is 2.14 bits per heavy atom. The van der Waals surface area contributed by atoms with Crippen LogP contribution in [0.15, 0.2) is 54.6 Å². The Balaban J connectivity index is 1.86. The smallest absolute Gasteiger partial charge is 0.0654 e. The Kier molecular flexibility index (Phi) is 3.07. The monoisotopic (exact) mass is 291 g/mol. The van der Waals surface area contributed by atoms with E-state index in [4.69, 9.17) is 0 Å². The third-order valence-electron chi connectivity index (χ3n) is 6.06. The molecule has 0 aromatic heterocycles. The molecule has 2 aliphatic heterocycles. The van der Waals surface area contributed by atoms with Crippen molar-refractivity contribution in [1.29, 1.82) is 0 Å². The van der Waals surface area contributed by atoms with Crippen LogP contribution in [-0.2, 0) is 5.54 Å². The lowest BCUT2D eigenvalue weighted by molar-refractivity contribution is 0.0807. The van der Waals surface area contributed by atoms with E-state index in [-0.39, 0.29) is 5.54 Å². The lowest BCUT2D eigenvalue weighted by Crippen LogP contribution is -2.60. The average Bonchev–Trinajstić information content (AvgIpc) is 2.56. The highest BCUT2D eigenvalue weighted by atomic mass is 15.2. The molecule has 1 nitrogen and oxygen atoms in total. The number of benzene rings is 2. The molecule has 1 heteroatoms. The standard InChI is InChI=1S/C21H25N/c1-17-8-6-7-11-19(17)22-16-20(2)12-14-21(22,15-13-20)18-9-4-3-5-10-18/h3-11H,12-16H2,1-2H3. The highest BCUT2D eigenvalue weighted by molar-refractivity contribution is 5.58. The number of nitrogens with zero attached hydrogens (tertiary/aromatic N) is 1. The number of aryl methyl sites for hydroxylation is 1. The zero-order chi connectivity index (χ0) is 15.2. The van der Waals surface area contributed by atoms with E-state index in [1.165, 1.54) is 49.0 Å². The topological polar surface area (TPSA) is 3.24 Å². The first-order valence-corrected chi connectivity index (χ1v) is 8.52. The van der Waals surface area contributed by atoms with Crippen molar-refractivity contribution in [2.24, 2.45) is 5.41 Å². The molecular weight excluding hydrogens is 266 g/mol. The Bertz CT molecular complexity index is 665. The van der Waals surface area contributed by atoms with Gasteiger partial charge in [-0.1, -0.05) is 55.5 Å². The quantitative estimate of drug-likeness (QED) is 0.726. The fraction of sp³-hybridized carbons (Fsp3) is 0.429. The molecule has 22 heavy (non-hydrogen) atoms. The second-order valence-electron chi connectivity index (χ2n) is 7.58. The van der Waals surface area contributed by atoms with E-state index >= 15 is 0 Å². The molecule has 0 N–H and O–H groups in total. The predicted octanol–water partition coefficient (Wildman–Crippen LogP) is 5.29. The highest BCUT2D eigenvalue weighted by Gasteiger charge is 2.52. The van der Waals surface area contributed by atoms with E-state index in [9.17, 15) is 0 Å². The van der Waals surface area contributed by atoms with Crippen molar-refractivity contribution in [2.75, 3.05) is 11.4 Å². The van der Waals surface area contributed by atoms with Crippen LogP contribution in [0.4, 0.5) is 5.69 Å². The summed E-state index contributed by atoms with van der Waals surface area (Å²) in [6.07, 6.45) is 5.26. The minimum Gasteiger partial charge on any atom is -0.361 e. The van der Waals surface area contributed by atoms with E-state index in [1.807, 2.05) is 0 Å². The molecule has 2 bridgehead atoms. The zero-order valence-corrected chi connectivity index (χ0v) is 13.7. The van der Waals surface area contributed by atoms with E-state index in [1.54, 1.807) is 0 Å². The number of para-hydroxylation sites is 1. The molecule has 114 valence electrons. The molecule has 0 spiro atoms. The van der Waals surface area contributed by atoms with Gasteiger partial charge in [0.1, 0.15) is 0 Å². The molecule has 1 saturated carbocycles. The van der Waals surface area contributed by atoms with Crippen LogP contribution in [0, 0.1) is 12.3 Å². The summed E-state index contributed by atoms with van der Waals surface area (Å²) < 4.78 is 0. The maximum absolute atomic E-state index is 2.73. The number of piperidine rings is 2. The minimum atomic E-state index is 0.200. The molecule has 2 aromatic rings. The third-order valence-corrected chi connectivity index (χ3v) is 6.06. The first kappa shape index (κ1) is 13.9. The Labute approximate surface area is 134 Å². The molecule has 0 unspecified atom stereocenters. The zero-order valence-electron chi connectivity index (χ0n) is 13.7. The Morgan fingerprint density at radius 2 is 1.45 bits per heavy atom. The lowest BCUT2D eigenvalue weighted by Gasteiger charge is -2.60. The van der Waals surface area contributed by atoms with Gasteiger partial charge in [0.2, 0.25) is 0 Å². The molecule has 1 aliphatic carbocycles. The minimum absolute atomic E-state index is 0.200. The fourth-order valence-electron chi connectivity index (χ4n) is 4.60. The van der Waals surface area contributed by atoms with E-state index < -0.39 is 0 Å². The molecule has 3 aliphatic rings.